The topological polar surface area (TPSA) is 73.2 Å². The minimum absolute atomic E-state index is 0.501. The van der Waals surface area contributed by atoms with Crippen LogP contribution < -0.4 is 5.73 Å². The maximum absolute atomic E-state index is 5.96. The van der Waals surface area contributed by atoms with Crippen molar-refractivity contribution in [2.45, 2.75) is 12.3 Å². The van der Waals surface area contributed by atoms with Gasteiger partial charge in [0.2, 0.25) is 0 Å². The molecule has 0 unspecified atom stereocenters. The van der Waals surface area contributed by atoms with Gasteiger partial charge >= 0.3 is 0 Å². The average Bonchev–Trinajstić information content (AvgIpc) is 3.22. The van der Waals surface area contributed by atoms with E-state index >= 15 is 0 Å². The van der Waals surface area contributed by atoms with Gasteiger partial charge in [-0.05, 0) is 17.7 Å². The van der Waals surface area contributed by atoms with Gasteiger partial charge in [0, 0.05) is 12.1 Å². The van der Waals surface area contributed by atoms with E-state index < -0.39 is 5.79 Å². The number of ether oxygens (including phenoxy) is 2. The van der Waals surface area contributed by atoms with Crippen molar-refractivity contribution in [1.29, 1.82) is 0 Å². The predicted molar refractivity (Wildman–Crippen MR) is 83.1 cm³/mol. The molecule has 1 aromatic heterocycles. The molecule has 0 amide bonds. The number of fused-ring (bicyclic) bond motifs is 1. The molecule has 1 aliphatic heterocycles. The Balaban J connectivity index is 1.87. The van der Waals surface area contributed by atoms with E-state index in [2.05, 4.69) is 9.97 Å². The molecule has 5 nitrogen and oxygen atoms in total. The lowest BCUT2D eigenvalue weighted by molar-refractivity contribution is -0.135. The van der Waals surface area contributed by atoms with Crippen LogP contribution in [-0.2, 0) is 21.8 Å². The first-order valence-corrected chi connectivity index (χ1v) is 7.34. The Hall–Kier alpha value is -2.21. The van der Waals surface area contributed by atoms with Gasteiger partial charge in [-0.2, -0.15) is 0 Å². The van der Waals surface area contributed by atoms with E-state index in [1.807, 2.05) is 48.5 Å². The number of nitrogens with one attached hydrogen (secondary N) is 1. The SMILES string of the molecule is NCc1ccc2nc(C3(c4ccccc4)OCCO3)[nH]c2c1. The van der Waals surface area contributed by atoms with E-state index in [4.69, 9.17) is 15.2 Å². The van der Waals surface area contributed by atoms with Gasteiger partial charge in [-0.15, -0.1) is 0 Å². The smallest absolute Gasteiger partial charge is 0.256 e. The largest absolute Gasteiger partial charge is 0.337 e. The van der Waals surface area contributed by atoms with E-state index in [1.165, 1.54) is 0 Å². The summed E-state index contributed by atoms with van der Waals surface area (Å²) >= 11 is 0. The maximum atomic E-state index is 5.96. The first-order chi connectivity index (χ1) is 10.8. The molecule has 0 atom stereocenters. The van der Waals surface area contributed by atoms with Gasteiger partial charge in [-0.1, -0.05) is 36.4 Å². The van der Waals surface area contributed by atoms with E-state index in [0.29, 0.717) is 25.6 Å². The van der Waals surface area contributed by atoms with Gasteiger partial charge in [-0.3, -0.25) is 0 Å². The summed E-state index contributed by atoms with van der Waals surface area (Å²) in [6, 6.07) is 15.9. The van der Waals surface area contributed by atoms with Crippen molar-refractivity contribution in [2.75, 3.05) is 13.2 Å². The van der Waals surface area contributed by atoms with Crippen LogP contribution in [0.3, 0.4) is 0 Å². The fraction of sp³-hybridized carbons (Fsp3) is 0.235. The number of H-pyrrole nitrogens is 1. The van der Waals surface area contributed by atoms with Gasteiger partial charge < -0.3 is 20.2 Å². The van der Waals surface area contributed by atoms with Crippen LogP contribution in [0.1, 0.15) is 17.0 Å². The first kappa shape index (κ1) is 13.5. The molecule has 1 fully saturated rings. The van der Waals surface area contributed by atoms with E-state index in [9.17, 15) is 0 Å². The van der Waals surface area contributed by atoms with Crippen LogP contribution in [-0.4, -0.2) is 23.2 Å². The molecule has 4 rings (SSSR count). The first-order valence-electron chi connectivity index (χ1n) is 7.34. The molecule has 5 heteroatoms. The lowest BCUT2D eigenvalue weighted by Gasteiger charge is -2.25. The second-order valence-electron chi connectivity index (χ2n) is 5.32. The van der Waals surface area contributed by atoms with Crippen LogP contribution in [0.2, 0.25) is 0 Å². The third kappa shape index (κ3) is 2.02. The van der Waals surface area contributed by atoms with Crippen molar-refractivity contribution in [3.63, 3.8) is 0 Å². The molecule has 3 N–H and O–H groups in total. The molecule has 2 aromatic carbocycles. The Morgan fingerprint density at radius 1 is 1.09 bits per heavy atom. The lowest BCUT2D eigenvalue weighted by atomic mass is 10.1. The van der Waals surface area contributed by atoms with E-state index in [0.717, 1.165) is 22.2 Å². The molecular weight excluding hydrogens is 278 g/mol. The molecule has 0 spiro atoms. The highest BCUT2D eigenvalue weighted by atomic mass is 16.7. The molecule has 0 saturated carbocycles. The lowest BCUT2D eigenvalue weighted by Crippen LogP contribution is -2.30. The molecule has 1 saturated heterocycles. The van der Waals surface area contributed by atoms with E-state index in [-0.39, 0.29) is 0 Å². The highest BCUT2D eigenvalue weighted by Gasteiger charge is 2.43. The zero-order chi connectivity index (χ0) is 15.0. The van der Waals surface area contributed by atoms with Crippen LogP contribution in [0.5, 0.6) is 0 Å². The van der Waals surface area contributed by atoms with Crippen molar-refractivity contribution in [2.24, 2.45) is 5.73 Å². The van der Waals surface area contributed by atoms with Gasteiger partial charge in [0.1, 0.15) is 0 Å². The quantitative estimate of drug-likeness (QED) is 0.777. The maximum Gasteiger partial charge on any atom is 0.256 e. The second-order valence-corrected chi connectivity index (χ2v) is 5.32. The summed E-state index contributed by atoms with van der Waals surface area (Å²) in [7, 11) is 0. The number of nitrogens with two attached hydrogens (primary N) is 1. The summed E-state index contributed by atoms with van der Waals surface area (Å²) in [6.45, 7) is 1.58. The normalized spacial score (nSPS) is 17.1. The fourth-order valence-corrected chi connectivity index (χ4v) is 2.85. The van der Waals surface area contributed by atoms with Crippen LogP contribution in [0.4, 0.5) is 0 Å². The van der Waals surface area contributed by atoms with Crippen molar-refractivity contribution in [3.05, 3.63) is 65.5 Å². The van der Waals surface area contributed by atoms with Gasteiger partial charge in [0.25, 0.3) is 5.79 Å². The minimum atomic E-state index is -0.955. The Kier molecular flexibility index (Phi) is 3.18. The minimum Gasteiger partial charge on any atom is -0.337 e. The Bertz CT molecular complexity index is 792. The fourth-order valence-electron chi connectivity index (χ4n) is 2.85. The molecule has 0 radical (unpaired) electrons. The Morgan fingerprint density at radius 2 is 1.86 bits per heavy atom. The zero-order valence-electron chi connectivity index (χ0n) is 12.1. The number of rotatable bonds is 3. The molecule has 2 heterocycles. The Labute approximate surface area is 128 Å². The molecular formula is C17H17N3O2. The Morgan fingerprint density at radius 3 is 2.59 bits per heavy atom. The number of hydrogen-bond acceptors (Lipinski definition) is 4. The van der Waals surface area contributed by atoms with Gasteiger partial charge in [0.05, 0.1) is 24.2 Å². The van der Waals surface area contributed by atoms with Crippen LogP contribution >= 0.6 is 0 Å². The number of aromatic nitrogens is 2. The van der Waals surface area contributed by atoms with Crippen LogP contribution in [0, 0.1) is 0 Å². The van der Waals surface area contributed by atoms with Crippen molar-refractivity contribution >= 4 is 11.0 Å². The number of nitrogens with zero attached hydrogens (tertiary/aromatic N) is 1. The second kappa shape index (κ2) is 5.21. The van der Waals surface area contributed by atoms with Crippen LogP contribution in [0.25, 0.3) is 11.0 Å². The molecule has 22 heavy (non-hydrogen) atoms. The predicted octanol–water partition coefficient (Wildman–Crippen LogP) is 2.27. The van der Waals surface area contributed by atoms with Crippen molar-refractivity contribution in [3.8, 4) is 0 Å². The monoisotopic (exact) mass is 295 g/mol. The zero-order valence-corrected chi connectivity index (χ0v) is 12.1. The number of benzene rings is 2. The molecule has 0 bridgehead atoms. The molecule has 112 valence electrons. The highest BCUT2D eigenvalue weighted by Crippen LogP contribution is 2.37. The molecule has 3 aromatic rings. The third-order valence-corrected chi connectivity index (χ3v) is 3.94. The molecule has 1 aliphatic rings. The number of hydrogen-bond donors (Lipinski definition) is 2. The van der Waals surface area contributed by atoms with Crippen molar-refractivity contribution in [1.82, 2.24) is 9.97 Å². The van der Waals surface area contributed by atoms with Gasteiger partial charge in [-0.25, -0.2) is 4.98 Å². The standard InChI is InChI=1S/C17H17N3O2/c18-11-12-6-7-14-15(10-12)20-16(19-14)17(21-8-9-22-17)13-4-2-1-3-5-13/h1-7,10H,8-9,11,18H2,(H,19,20). The van der Waals surface area contributed by atoms with E-state index in [1.54, 1.807) is 0 Å². The number of imidazole rings is 1. The van der Waals surface area contributed by atoms with Crippen LogP contribution in [0.15, 0.2) is 48.5 Å². The van der Waals surface area contributed by atoms with Gasteiger partial charge in [0.15, 0.2) is 5.82 Å². The summed E-state index contributed by atoms with van der Waals surface area (Å²) in [5.74, 6) is -0.288. The summed E-state index contributed by atoms with van der Waals surface area (Å²) in [5.41, 5.74) is 9.51. The molecule has 0 aliphatic carbocycles. The van der Waals surface area contributed by atoms with Crippen molar-refractivity contribution < 1.29 is 9.47 Å². The average molecular weight is 295 g/mol. The number of aromatic amines is 1. The third-order valence-electron chi connectivity index (χ3n) is 3.94. The summed E-state index contributed by atoms with van der Waals surface area (Å²) in [6.07, 6.45) is 0. The highest BCUT2D eigenvalue weighted by molar-refractivity contribution is 5.76. The summed E-state index contributed by atoms with van der Waals surface area (Å²) in [5, 5.41) is 0. The summed E-state index contributed by atoms with van der Waals surface area (Å²) in [4.78, 5) is 8.01. The summed E-state index contributed by atoms with van der Waals surface area (Å²) < 4.78 is 11.9.